The molecule has 18 heavy (non-hydrogen) atoms. The predicted octanol–water partition coefficient (Wildman–Crippen LogP) is 1.50. The fourth-order valence-electron chi connectivity index (χ4n) is 3.20. The topological polar surface area (TPSA) is 41.6 Å². The molecule has 1 saturated carbocycles. The van der Waals surface area contributed by atoms with Crippen LogP contribution in [0.4, 0.5) is 0 Å². The molecule has 1 N–H and O–H groups in total. The van der Waals surface area contributed by atoms with Gasteiger partial charge in [-0.15, -0.1) is 0 Å². The number of hydrogen-bond donors (Lipinski definition) is 1. The van der Waals surface area contributed by atoms with Crippen molar-refractivity contribution in [2.24, 2.45) is 5.92 Å². The van der Waals surface area contributed by atoms with Crippen molar-refractivity contribution >= 4 is 5.91 Å². The third kappa shape index (κ3) is 2.05. The lowest BCUT2D eigenvalue weighted by molar-refractivity contribution is -0.134. The quantitative estimate of drug-likeness (QED) is 0.827. The second kappa shape index (κ2) is 4.49. The molecule has 4 heteroatoms. The number of carbonyl (C=O) groups is 1. The van der Waals surface area contributed by atoms with Crippen molar-refractivity contribution in [2.45, 2.75) is 63.8 Å². The number of carbonyl (C=O) groups excluding carboxylic acids is 1. The molecule has 4 nitrogen and oxygen atoms in total. The maximum atomic E-state index is 12.5. The molecule has 1 amide bonds. The van der Waals surface area contributed by atoms with Gasteiger partial charge in [0.25, 0.3) is 0 Å². The fourth-order valence-corrected chi connectivity index (χ4v) is 3.20. The highest BCUT2D eigenvalue weighted by molar-refractivity contribution is 5.91. The number of amides is 1. The maximum absolute atomic E-state index is 12.5. The van der Waals surface area contributed by atoms with Gasteiger partial charge >= 0.3 is 0 Å². The molecular formula is C14H24N2O2. The summed E-state index contributed by atoms with van der Waals surface area (Å²) in [7, 11) is 0. The molecule has 3 rings (SSSR count). The number of nitrogens with one attached hydrogen (secondary N) is 1. The van der Waals surface area contributed by atoms with E-state index in [4.69, 9.17) is 4.74 Å². The van der Waals surface area contributed by atoms with Crippen molar-refractivity contribution in [2.75, 3.05) is 13.2 Å². The largest absolute Gasteiger partial charge is 0.376 e. The van der Waals surface area contributed by atoms with Gasteiger partial charge < -0.3 is 9.64 Å². The van der Waals surface area contributed by atoms with Crippen LogP contribution < -0.4 is 5.32 Å². The normalized spacial score (nSPS) is 34.6. The summed E-state index contributed by atoms with van der Waals surface area (Å²) in [6.45, 7) is 6.00. The van der Waals surface area contributed by atoms with E-state index in [1.54, 1.807) is 0 Å². The Labute approximate surface area is 109 Å². The molecule has 2 saturated heterocycles. The van der Waals surface area contributed by atoms with E-state index >= 15 is 0 Å². The van der Waals surface area contributed by atoms with Crippen LogP contribution >= 0.6 is 0 Å². The summed E-state index contributed by atoms with van der Waals surface area (Å²) in [5.41, 5.74) is -0.191. The zero-order valence-corrected chi connectivity index (χ0v) is 11.4. The molecule has 1 aliphatic carbocycles. The average Bonchev–Trinajstić information content (AvgIpc) is 3.09. The van der Waals surface area contributed by atoms with E-state index in [2.05, 4.69) is 19.2 Å². The lowest BCUT2D eigenvalue weighted by atomic mass is 10.1. The first-order valence-corrected chi connectivity index (χ1v) is 7.33. The van der Waals surface area contributed by atoms with Crippen LogP contribution in [-0.2, 0) is 9.53 Å². The molecule has 102 valence electrons. The molecular weight excluding hydrogens is 228 g/mol. The number of nitrogens with zero attached hydrogens (tertiary/aromatic N) is 1. The third-order valence-corrected chi connectivity index (χ3v) is 4.49. The van der Waals surface area contributed by atoms with E-state index < -0.39 is 0 Å². The number of hydrogen-bond acceptors (Lipinski definition) is 3. The van der Waals surface area contributed by atoms with Crippen LogP contribution in [0.5, 0.6) is 0 Å². The molecule has 1 spiro atoms. The summed E-state index contributed by atoms with van der Waals surface area (Å²) in [6, 6.07) is 0. The highest BCUT2D eigenvalue weighted by Crippen LogP contribution is 2.43. The van der Waals surface area contributed by atoms with E-state index in [-0.39, 0.29) is 17.8 Å². The van der Waals surface area contributed by atoms with Crippen LogP contribution in [0.2, 0.25) is 0 Å². The molecule has 0 aromatic heterocycles. The summed E-state index contributed by atoms with van der Waals surface area (Å²) in [5.74, 6) is 0.771. The summed E-state index contributed by atoms with van der Waals surface area (Å²) in [4.78, 5) is 14.5. The van der Waals surface area contributed by atoms with Gasteiger partial charge in [-0.1, -0.05) is 13.8 Å². The van der Waals surface area contributed by atoms with Crippen molar-refractivity contribution in [1.82, 2.24) is 10.2 Å². The van der Waals surface area contributed by atoms with E-state index in [9.17, 15) is 4.79 Å². The van der Waals surface area contributed by atoms with Crippen molar-refractivity contribution in [1.29, 1.82) is 0 Å². The van der Waals surface area contributed by atoms with Gasteiger partial charge in [-0.3, -0.25) is 10.1 Å². The standard InChI is InChI=1S/C14H24N2O2/c1-10(2)12-15-14(6-7-14)13(17)16(12)9-11-5-3-4-8-18-11/h10-12,15H,3-9H2,1-2H3. The number of ether oxygens (including phenoxy) is 1. The van der Waals surface area contributed by atoms with E-state index in [0.29, 0.717) is 11.8 Å². The molecule has 0 aromatic rings. The molecule has 0 aromatic carbocycles. The second-order valence-electron chi connectivity index (χ2n) is 6.36. The fraction of sp³-hybridized carbons (Fsp3) is 0.929. The maximum Gasteiger partial charge on any atom is 0.244 e. The monoisotopic (exact) mass is 252 g/mol. The molecule has 2 aliphatic heterocycles. The Hall–Kier alpha value is -0.610. The minimum Gasteiger partial charge on any atom is -0.376 e. The van der Waals surface area contributed by atoms with Crippen LogP contribution in [0.3, 0.4) is 0 Å². The van der Waals surface area contributed by atoms with Gasteiger partial charge in [-0.05, 0) is 38.0 Å². The van der Waals surface area contributed by atoms with Crippen LogP contribution in [0.1, 0.15) is 46.0 Å². The molecule has 2 atom stereocenters. The molecule has 0 radical (unpaired) electrons. The first-order valence-electron chi connectivity index (χ1n) is 7.33. The SMILES string of the molecule is CC(C)C1NC2(CC2)C(=O)N1CC1CCCCO1. The van der Waals surface area contributed by atoms with Gasteiger partial charge in [-0.25, -0.2) is 0 Å². The molecule has 2 unspecified atom stereocenters. The zero-order valence-electron chi connectivity index (χ0n) is 11.4. The van der Waals surface area contributed by atoms with Crippen molar-refractivity contribution < 1.29 is 9.53 Å². The Balaban J connectivity index is 1.69. The Morgan fingerprint density at radius 3 is 2.78 bits per heavy atom. The molecule has 3 aliphatic rings. The first kappa shape index (κ1) is 12.4. The minimum atomic E-state index is -0.191. The van der Waals surface area contributed by atoms with Crippen LogP contribution in [0.25, 0.3) is 0 Å². The summed E-state index contributed by atoms with van der Waals surface area (Å²) >= 11 is 0. The van der Waals surface area contributed by atoms with Gasteiger partial charge in [-0.2, -0.15) is 0 Å². The Kier molecular flexibility index (Phi) is 3.10. The van der Waals surface area contributed by atoms with Crippen molar-refractivity contribution in [3.8, 4) is 0 Å². The first-order chi connectivity index (χ1) is 8.62. The third-order valence-electron chi connectivity index (χ3n) is 4.49. The van der Waals surface area contributed by atoms with E-state index in [1.165, 1.54) is 12.8 Å². The van der Waals surface area contributed by atoms with E-state index in [0.717, 1.165) is 32.4 Å². The summed E-state index contributed by atoms with van der Waals surface area (Å²) < 4.78 is 5.78. The Morgan fingerprint density at radius 2 is 2.22 bits per heavy atom. The van der Waals surface area contributed by atoms with Gasteiger partial charge in [0.1, 0.15) is 0 Å². The number of rotatable bonds is 3. The highest BCUT2D eigenvalue weighted by atomic mass is 16.5. The van der Waals surface area contributed by atoms with Gasteiger partial charge in [0.2, 0.25) is 5.91 Å². The van der Waals surface area contributed by atoms with Gasteiger partial charge in [0.05, 0.1) is 17.8 Å². The Bertz CT molecular complexity index is 333. The van der Waals surface area contributed by atoms with Crippen LogP contribution in [0, 0.1) is 5.92 Å². The summed E-state index contributed by atoms with van der Waals surface area (Å²) in [5, 5.41) is 3.55. The van der Waals surface area contributed by atoms with Crippen molar-refractivity contribution in [3.05, 3.63) is 0 Å². The molecule has 2 heterocycles. The minimum absolute atomic E-state index is 0.191. The average molecular weight is 252 g/mol. The zero-order chi connectivity index (χ0) is 12.8. The van der Waals surface area contributed by atoms with Gasteiger partial charge in [0.15, 0.2) is 0 Å². The summed E-state index contributed by atoms with van der Waals surface area (Å²) in [6.07, 6.45) is 5.97. The smallest absolute Gasteiger partial charge is 0.244 e. The van der Waals surface area contributed by atoms with Crippen molar-refractivity contribution in [3.63, 3.8) is 0 Å². The van der Waals surface area contributed by atoms with E-state index in [1.807, 2.05) is 4.90 Å². The molecule has 0 bridgehead atoms. The highest BCUT2D eigenvalue weighted by Gasteiger charge is 2.59. The van der Waals surface area contributed by atoms with Crippen LogP contribution in [-0.4, -0.2) is 41.8 Å². The molecule has 3 fully saturated rings. The second-order valence-corrected chi connectivity index (χ2v) is 6.36. The Morgan fingerprint density at radius 1 is 1.44 bits per heavy atom. The van der Waals surface area contributed by atoms with Gasteiger partial charge in [0, 0.05) is 13.2 Å². The predicted molar refractivity (Wildman–Crippen MR) is 69.0 cm³/mol. The lowest BCUT2D eigenvalue weighted by Crippen LogP contribution is -2.46. The lowest BCUT2D eigenvalue weighted by Gasteiger charge is -2.32. The van der Waals surface area contributed by atoms with Crippen LogP contribution in [0.15, 0.2) is 0 Å².